The van der Waals surface area contributed by atoms with Gasteiger partial charge in [-0.1, -0.05) is 12.1 Å². The number of carbonyl (C=O) groups excluding carboxylic acids is 1. The quantitative estimate of drug-likeness (QED) is 0.405. The molecule has 4 rings (SSSR count). The summed E-state index contributed by atoms with van der Waals surface area (Å²) in [6.07, 6.45) is 0. The molecular formula is C26H31N3O4S. The molecule has 180 valence electrons. The minimum atomic E-state index is 0.0158. The van der Waals surface area contributed by atoms with E-state index in [2.05, 4.69) is 10.3 Å². The Morgan fingerprint density at radius 2 is 1.79 bits per heavy atom. The molecule has 1 aliphatic heterocycles. The fourth-order valence-electron chi connectivity index (χ4n) is 3.88. The Morgan fingerprint density at radius 1 is 1.03 bits per heavy atom. The molecule has 34 heavy (non-hydrogen) atoms. The van der Waals surface area contributed by atoms with Crippen LogP contribution in [0.5, 0.6) is 11.5 Å². The lowest BCUT2D eigenvalue weighted by molar-refractivity contribution is 0.0619. The number of rotatable bonds is 10. The number of benzene rings is 2. The molecule has 1 amide bonds. The summed E-state index contributed by atoms with van der Waals surface area (Å²) in [5.74, 6) is 1.47. The van der Waals surface area contributed by atoms with Crippen molar-refractivity contribution in [2.45, 2.75) is 13.5 Å². The Balaban J connectivity index is 1.30. The lowest BCUT2D eigenvalue weighted by Crippen LogP contribution is -2.48. The lowest BCUT2D eigenvalue weighted by Gasteiger charge is -2.34. The predicted octanol–water partition coefficient (Wildman–Crippen LogP) is 4.19. The zero-order chi connectivity index (χ0) is 23.8. The van der Waals surface area contributed by atoms with E-state index in [1.807, 2.05) is 60.4 Å². The van der Waals surface area contributed by atoms with Gasteiger partial charge in [-0.25, -0.2) is 4.98 Å². The standard InChI is InChI=1S/C26H31N3O4S/c1-3-32-16-17-33-24-7-5-4-6-23(24)26(30)29-14-12-28(13-15-29)18-21-19-34-25(27-21)20-8-10-22(31-2)11-9-20/h4-11,19H,3,12-18H2,1-2H3. The van der Waals surface area contributed by atoms with E-state index in [0.717, 1.165) is 41.6 Å². The van der Waals surface area contributed by atoms with Crippen LogP contribution in [0.15, 0.2) is 53.9 Å². The van der Waals surface area contributed by atoms with Crippen molar-refractivity contribution >= 4 is 17.2 Å². The molecule has 0 aliphatic carbocycles. The van der Waals surface area contributed by atoms with Crippen molar-refractivity contribution in [3.63, 3.8) is 0 Å². The van der Waals surface area contributed by atoms with Crippen LogP contribution in [0, 0.1) is 0 Å². The molecule has 1 saturated heterocycles. The molecule has 1 aromatic heterocycles. The Morgan fingerprint density at radius 3 is 2.53 bits per heavy atom. The highest BCUT2D eigenvalue weighted by Crippen LogP contribution is 2.26. The maximum atomic E-state index is 13.2. The molecule has 0 N–H and O–H groups in total. The van der Waals surface area contributed by atoms with Crippen LogP contribution >= 0.6 is 11.3 Å². The van der Waals surface area contributed by atoms with E-state index in [1.54, 1.807) is 18.4 Å². The van der Waals surface area contributed by atoms with E-state index in [0.29, 0.717) is 44.2 Å². The topological polar surface area (TPSA) is 64.1 Å². The summed E-state index contributed by atoms with van der Waals surface area (Å²) in [5.41, 5.74) is 2.76. The van der Waals surface area contributed by atoms with Gasteiger partial charge in [0.05, 0.1) is 25.0 Å². The molecule has 2 aromatic carbocycles. The van der Waals surface area contributed by atoms with Crippen molar-refractivity contribution < 1.29 is 19.0 Å². The Hall–Kier alpha value is -2.94. The number of hydrogen-bond donors (Lipinski definition) is 0. The highest BCUT2D eigenvalue weighted by Gasteiger charge is 2.24. The number of para-hydroxylation sites is 1. The number of hydrogen-bond acceptors (Lipinski definition) is 7. The average molecular weight is 482 g/mol. The van der Waals surface area contributed by atoms with Crippen LogP contribution in [0.4, 0.5) is 0 Å². The second-order valence-electron chi connectivity index (χ2n) is 7.98. The highest BCUT2D eigenvalue weighted by molar-refractivity contribution is 7.13. The fourth-order valence-corrected chi connectivity index (χ4v) is 4.70. The first-order valence-corrected chi connectivity index (χ1v) is 12.5. The molecule has 0 atom stereocenters. The molecular weight excluding hydrogens is 450 g/mol. The van der Waals surface area contributed by atoms with Crippen molar-refractivity contribution in [3.05, 3.63) is 65.2 Å². The van der Waals surface area contributed by atoms with Crippen LogP contribution < -0.4 is 9.47 Å². The van der Waals surface area contributed by atoms with Crippen LogP contribution in [0.25, 0.3) is 10.6 Å². The summed E-state index contributed by atoms with van der Waals surface area (Å²) in [6.45, 7) is 7.31. The van der Waals surface area contributed by atoms with Gasteiger partial charge in [0.1, 0.15) is 23.1 Å². The summed E-state index contributed by atoms with van der Waals surface area (Å²) < 4.78 is 16.4. The van der Waals surface area contributed by atoms with Gasteiger partial charge in [0, 0.05) is 50.3 Å². The third-order valence-electron chi connectivity index (χ3n) is 5.74. The monoisotopic (exact) mass is 481 g/mol. The van der Waals surface area contributed by atoms with Gasteiger partial charge in [-0.2, -0.15) is 0 Å². The Labute approximate surface area is 204 Å². The lowest BCUT2D eigenvalue weighted by atomic mass is 10.1. The highest BCUT2D eigenvalue weighted by atomic mass is 32.1. The first kappa shape index (κ1) is 24.2. The van der Waals surface area contributed by atoms with Gasteiger partial charge in [0.15, 0.2) is 0 Å². The van der Waals surface area contributed by atoms with Crippen LogP contribution in [-0.2, 0) is 11.3 Å². The molecule has 0 unspecified atom stereocenters. The zero-order valence-electron chi connectivity index (χ0n) is 19.7. The summed E-state index contributed by atoms with van der Waals surface area (Å²) in [4.78, 5) is 22.2. The number of piperazine rings is 1. The van der Waals surface area contributed by atoms with E-state index in [1.165, 1.54) is 0 Å². The molecule has 0 saturated carbocycles. The minimum absolute atomic E-state index is 0.0158. The first-order chi connectivity index (χ1) is 16.7. The number of thiazole rings is 1. The van der Waals surface area contributed by atoms with Crippen LogP contribution in [-0.4, -0.2) is 73.8 Å². The maximum Gasteiger partial charge on any atom is 0.257 e. The van der Waals surface area contributed by atoms with Gasteiger partial charge in [-0.05, 0) is 43.3 Å². The molecule has 1 fully saturated rings. The van der Waals surface area contributed by atoms with E-state index in [4.69, 9.17) is 19.2 Å². The second-order valence-corrected chi connectivity index (χ2v) is 8.84. The summed E-state index contributed by atoms with van der Waals surface area (Å²) in [6, 6.07) is 15.4. The normalized spacial score (nSPS) is 14.2. The number of ether oxygens (including phenoxy) is 3. The van der Waals surface area contributed by atoms with Gasteiger partial charge in [-0.15, -0.1) is 11.3 Å². The van der Waals surface area contributed by atoms with Crippen LogP contribution in [0.2, 0.25) is 0 Å². The first-order valence-electron chi connectivity index (χ1n) is 11.6. The molecule has 1 aliphatic rings. The van der Waals surface area contributed by atoms with Gasteiger partial charge >= 0.3 is 0 Å². The van der Waals surface area contributed by atoms with Crippen LogP contribution in [0.1, 0.15) is 23.0 Å². The van der Waals surface area contributed by atoms with Crippen LogP contribution in [0.3, 0.4) is 0 Å². The van der Waals surface area contributed by atoms with Gasteiger partial charge in [0.25, 0.3) is 5.91 Å². The molecule has 0 radical (unpaired) electrons. The zero-order valence-corrected chi connectivity index (χ0v) is 20.6. The third kappa shape index (κ3) is 6.14. The van der Waals surface area contributed by atoms with Gasteiger partial charge in [0.2, 0.25) is 0 Å². The number of nitrogens with zero attached hydrogens (tertiary/aromatic N) is 3. The van der Waals surface area contributed by atoms with Gasteiger partial charge < -0.3 is 19.1 Å². The second kappa shape index (κ2) is 12.0. The van der Waals surface area contributed by atoms with Gasteiger partial charge in [-0.3, -0.25) is 9.69 Å². The number of methoxy groups -OCH3 is 1. The number of aromatic nitrogens is 1. The van der Waals surface area contributed by atoms with Crippen molar-refractivity contribution in [2.75, 3.05) is 53.1 Å². The van der Waals surface area contributed by atoms with Crippen molar-refractivity contribution in [3.8, 4) is 22.1 Å². The molecule has 0 bridgehead atoms. The molecule has 0 spiro atoms. The SMILES string of the molecule is CCOCCOc1ccccc1C(=O)N1CCN(Cc2csc(-c3ccc(OC)cc3)n2)CC1. The van der Waals surface area contributed by atoms with E-state index >= 15 is 0 Å². The minimum Gasteiger partial charge on any atom is -0.497 e. The summed E-state index contributed by atoms with van der Waals surface area (Å²) >= 11 is 1.65. The largest absolute Gasteiger partial charge is 0.497 e. The van der Waals surface area contributed by atoms with Crippen molar-refractivity contribution in [1.82, 2.24) is 14.8 Å². The maximum absolute atomic E-state index is 13.2. The predicted molar refractivity (Wildman–Crippen MR) is 134 cm³/mol. The number of carbonyl (C=O) groups is 1. The van der Waals surface area contributed by atoms with E-state index < -0.39 is 0 Å². The molecule has 2 heterocycles. The summed E-state index contributed by atoms with van der Waals surface area (Å²) in [7, 11) is 1.67. The van der Waals surface area contributed by atoms with Crippen molar-refractivity contribution in [1.29, 1.82) is 0 Å². The molecule has 3 aromatic rings. The number of amides is 1. The molecule has 8 heteroatoms. The average Bonchev–Trinajstić information content (AvgIpc) is 3.35. The van der Waals surface area contributed by atoms with Crippen molar-refractivity contribution in [2.24, 2.45) is 0 Å². The Bertz CT molecular complexity index is 1060. The smallest absolute Gasteiger partial charge is 0.257 e. The summed E-state index contributed by atoms with van der Waals surface area (Å²) in [5, 5.41) is 3.12. The third-order valence-corrected chi connectivity index (χ3v) is 6.68. The molecule has 7 nitrogen and oxygen atoms in total. The fraction of sp³-hybridized carbons (Fsp3) is 0.385. The van der Waals surface area contributed by atoms with E-state index in [9.17, 15) is 4.79 Å². The Kier molecular flexibility index (Phi) is 8.51. The van der Waals surface area contributed by atoms with E-state index in [-0.39, 0.29) is 5.91 Å².